The predicted molar refractivity (Wildman–Crippen MR) is 74.0 cm³/mol. The molecule has 1 N–H and O–H groups in total. The van der Waals surface area contributed by atoms with Crippen LogP contribution in [0.25, 0.3) is 0 Å². The monoisotopic (exact) mass is 306 g/mol. The Kier molecular flexibility index (Phi) is 3.45. The van der Waals surface area contributed by atoms with E-state index < -0.39 is 5.41 Å². The van der Waals surface area contributed by atoms with Crippen molar-refractivity contribution in [1.29, 1.82) is 5.26 Å². The van der Waals surface area contributed by atoms with E-state index in [9.17, 15) is 10.1 Å². The van der Waals surface area contributed by atoms with Crippen molar-refractivity contribution in [2.75, 3.05) is 5.32 Å². The molecule has 0 spiro atoms. The summed E-state index contributed by atoms with van der Waals surface area (Å²) in [6.45, 7) is 4.05. The van der Waals surface area contributed by atoms with E-state index in [1.165, 1.54) is 0 Å². The molecule has 3 nitrogen and oxygen atoms in total. The van der Waals surface area contributed by atoms with E-state index in [4.69, 9.17) is 0 Å². The molecule has 1 saturated carbocycles. The molecule has 0 heterocycles. The fourth-order valence-corrected chi connectivity index (χ4v) is 3.01. The number of nitrogens with zero attached hydrogens (tertiary/aromatic N) is 1. The zero-order valence-corrected chi connectivity index (χ0v) is 12.0. The molecule has 1 aliphatic carbocycles. The third kappa shape index (κ3) is 2.28. The van der Waals surface area contributed by atoms with Crippen LogP contribution in [0.3, 0.4) is 0 Å². The zero-order valence-electron chi connectivity index (χ0n) is 10.5. The number of hydrogen-bond acceptors (Lipinski definition) is 2. The lowest BCUT2D eigenvalue weighted by Crippen LogP contribution is -2.45. The molecule has 0 saturated heterocycles. The smallest absolute Gasteiger partial charge is 0.244 e. The molecule has 94 valence electrons. The molecule has 1 aromatic rings. The first-order chi connectivity index (χ1) is 8.47. The molecule has 1 fully saturated rings. The van der Waals surface area contributed by atoms with Crippen LogP contribution in [0.15, 0.2) is 22.7 Å². The molecular weight excluding hydrogens is 292 g/mol. The Morgan fingerprint density at radius 2 is 2.22 bits per heavy atom. The maximum Gasteiger partial charge on any atom is 0.244 e. The Hall–Kier alpha value is -1.34. The zero-order chi connectivity index (χ0) is 13.3. The van der Waals surface area contributed by atoms with Crippen molar-refractivity contribution in [3.63, 3.8) is 0 Å². The molecule has 0 radical (unpaired) electrons. The van der Waals surface area contributed by atoms with Crippen LogP contribution in [0.1, 0.15) is 25.3 Å². The van der Waals surface area contributed by atoms with Gasteiger partial charge in [-0.25, -0.2) is 0 Å². The topological polar surface area (TPSA) is 52.9 Å². The van der Waals surface area contributed by atoms with Crippen LogP contribution in [-0.4, -0.2) is 5.91 Å². The Morgan fingerprint density at radius 1 is 1.56 bits per heavy atom. The molecular formula is C14H15BrN2O. The van der Waals surface area contributed by atoms with E-state index in [0.29, 0.717) is 18.8 Å². The summed E-state index contributed by atoms with van der Waals surface area (Å²) in [6, 6.07) is 7.90. The molecule has 0 aromatic heterocycles. The summed E-state index contributed by atoms with van der Waals surface area (Å²) >= 11 is 3.42. The van der Waals surface area contributed by atoms with Gasteiger partial charge in [0.2, 0.25) is 5.91 Å². The molecule has 18 heavy (non-hydrogen) atoms. The Bertz CT molecular complexity index is 527. The van der Waals surface area contributed by atoms with E-state index in [0.717, 1.165) is 15.7 Å². The summed E-state index contributed by atoms with van der Waals surface area (Å²) in [4.78, 5) is 12.2. The minimum absolute atomic E-state index is 0.187. The fraction of sp³-hybridized carbons (Fsp3) is 0.429. The standard InChI is InChI=1S/C14H15BrN2O/c1-9-3-4-12(11(15)5-9)17-13(18)14(8-16)6-10(2)7-14/h3-5,10H,6-7H2,1-2H3,(H,17,18). The molecule has 0 bridgehead atoms. The van der Waals surface area contributed by atoms with Gasteiger partial charge in [-0.15, -0.1) is 0 Å². The van der Waals surface area contributed by atoms with Crippen molar-refractivity contribution in [1.82, 2.24) is 0 Å². The van der Waals surface area contributed by atoms with Crippen LogP contribution in [0.4, 0.5) is 5.69 Å². The third-order valence-corrected chi connectivity index (χ3v) is 4.07. The SMILES string of the molecule is Cc1ccc(NC(=O)C2(C#N)CC(C)C2)c(Br)c1. The quantitative estimate of drug-likeness (QED) is 0.907. The van der Waals surface area contributed by atoms with Crippen LogP contribution in [0.2, 0.25) is 0 Å². The number of rotatable bonds is 2. The van der Waals surface area contributed by atoms with Crippen molar-refractivity contribution in [2.24, 2.45) is 11.3 Å². The number of amides is 1. The summed E-state index contributed by atoms with van der Waals surface area (Å²) in [6.07, 6.45) is 1.30. The van der Waals surface area contributed by atoms with E-state index in [2.05, 4.69) is 34.2 Å². The molecule has 1 aliphatic rings. The largest absolute Gasteiger partial charge is 0.324 e. The molecule has 0 atom stereocenters. The third-order valence-electron chi connectivity index (χ3n) is 3.42. The molecule has 1 amide bonds. The van der Waals surface area contributed by atoms with Crippen molar-refractivity contribution in [2.45, 2.75) is 26.7 Å². The maximum atomic E-state index is 12.2. The van der Waals surface area contributed by atoms with E-state index in [1.54, 1.807) is 0 Å². The van der Waals surface area contributed by atoms with Crippen LogP contribution in [0, 0.1) is 29.6 Å². The van der Waals surface area contributed by atoms with Gasteiger partial charge >= 0.3 is 0 Å². The number of nitriles is 1. The molecule has 2 rings (SSSR count). The van der Waals surface area contributed by atoms with Gasteiger partial charge in [-0.1, -0.05) is 13.0 Å². The lowest BCUT2D eigenvalue weighted by Gasteiger charge is -2.39. The highest BCUT2D eigenvalue weighted by atomic mass is 79.9. The van der Waals surface area contributed by atoms with Gasteiger partial charge in [0.05, 0.1) is 11.8 Å². The van der Waals surface area contributed by atoms with Crippen molar-refractivity contribution in [3.8, 4) is 6.07 Å². The average Bonchev–Trinajstić information content (AvgIpc) is 2.28. The van der Waals surface area contributed by atoms with Crippen LogP contribution < -0.4 is 5.32 Å². The van der Waals surface area contributed by atoms with Gasteiger partial charge in [0.1, 0.15) is 5.41 Å². The number of hydrogen-bond donors (Lipinski definition) is 1. The van der Waals surface area contributed by atoms with Crippen LogP contribution in [-0.2, 0) is 4.79 Å². The highest BCUT2D eigenvalue weighted by Crippen LogP contribution is 2.45. The van der Waals surface area contributed by atoms with Crippen molar-refractivity contribution in [3.05, 3.63) is 28.2 Å². The van der Waals surface area contributed by atoms with Crippen molar-refractivity contribution < 1.29 is 4.79 Å². The Labute approximate surface area is 115 Å². The first-order valence-electron chi connectivity index (χ1n) is 5.96. The Morgan fingerprint density at radius 3 is 2.72 bits per heavy atom. The summed E-state index contributed by atoms with van der Waals surface area (Å²) in [5.41, 5.74) is 1.01. The fourth-order valence-electron chi connectivity index (χ4n) is 2.42. The van der Waals surface area contributed by atoms with Crippen molar-refractivity contribution >= 4 is 27.5 Å². The second-order valence-electron chi connectivity index (χ2n) is 5.14. The number of benzene rings is 1. The van der Waals surface area contributed by atoms with Gasteiger partial charge in [-0.2, -0.15) is 5.26 Å². The summed E-state index contributed by atoms with van der Waals surface area (Å²) in [7, 11) is 0. The van der Waals surface area contributed by atoms with Crippen LogP contribution >= 0.6 is 15.9 Å². The van der Waals surface area contributed by atoms with Crippen LogP contribution in [0.5, 0.6) is 0 Å². The van der Waals surface area contributed by atoms with E-state index in [1.807, 2.05) is 25.1 Å². The highest BCUT2D eigenvalue weighted by Gasteiger charge is 2.49. The van der Waals surface area contributed by atoms with E-state index >= 15 is 0 Å². The Balaban J connectivity index is 2.15. The number of nitrogens with one attached hydrogen (secondary N) is 1. The first kappa shape index (κ1) is 13.1. The van der Waals surface area contributed by atoms with Gasteiger partial charge in [0, 0.05) is 4.47 Å². The number of carbonyl (C=O) groups excluding carboxylic acids is 1. The number of halogens is 1. The van der Waals surface area contributed by atoms with Gasteiger partial charge in [-0.3, -0.25) is 4.79 Å². The van der Waals surface area contributed by atoms with Gasteiger partial charge in [0.15, 0.2) is 0 Å². The normalized spacial score (nSPS) is 26.0. The minimum Gasteiger partial charge on any atom is -0.324 e. The lowest BCUT2D eigenvalue weighted by molar-refractivity contribution is -0.128. The summed E-state index contributed by atoms with van der Waals surface area (Å²) in [5.74, 6) is 0.268. The summed E-state index contributed by atoms with van der Waals surface area (Å²) < 4.78 is 0.844. The minimum atomic E-state index is -0.830. The molecule has 4 heteroatoms. The number of anilines is 1. The lowest BCUT2D eigenvalue weighted by atomic mass is 9.63. The first-order valence-corrected chi connectivity index (χ1v) is 6.75. The molecule has 0 unspecified atom stereocenters. The average molecular weight is 307 g/mol. The number of aryl methyl sites for hydroxylation is 1. The van der Waals surface area contributed by atoms with Gasteiger partial charge in [0.25, 0.3) is 0 Å². The highest BCUT2D eigenvalue weighted by molar-refractivity contribution is 9.10. The molecule has 1 aromatic carbocycles. The predicted octanol–water partition coefficient (Wildman–Crippen LogP) is 3.64. The second-order valence-corrected chi connectivity index (χ2v) is 6.00. The van der Waals surface area contributed by atoms with Gasteiger partial charge in [-0.05, 0) is 59.3 Å². The maximum absolute atomic E-state index is 12.2. The number of carbonyl (C=O) groups is 1. The van der Waals surface area contributed by atoms with E-state index in [-0.39, 0.29) is 5.91 Å². The van der Waals surface area contributed by atoms with Gasteiger partial charge < -0.3 is 5.32 Å². The second kappa shape index (κ2) is 4.74. The molecule has 0 aliphatic heterocycles. The summed E-state index contributed by atoms with van der Waals surface area (Å²) in [5, 5.41) is 12.0.